The quantitative estimate of drug-likeness (QED) is 0.576. The summed E-state index contributed by atoms with van der Waals surface area (Å²) in [6, 6.07) is 3.96. The molecule has 3 aromatic rings. The van der Waals surface area contributed by atoms with Crippen LogP contribution in [0.15, 0.2) is 39.0 Å². The van der Waals surface area contributed by atoms with Gasteiger partial charge in [-0.15, -0.1) is 0 Å². The van der Waals surface area contributed by atoms with Crippen molar-refractivity contribution in [2.75, 3.05) is 19.4 Å². The van der Waals surface area contributed by atoms with E-state index in [1.807, 2.05) is 0 Å². The average molecular weight is 455 g/mol. The molecule has 0 radical (unpaired) electrons. The number of rotatable bonds is 5. The van der Waals surface area contributed by atoms with Gasteiger partial charge in [0.05, 0.1) is 21.9 Å². The highest BCUT2D eigenvalue weighted by Gasteiger charge is 2.20. The maximum atomic E-state index is 12.6. The Morgan fingerprint density at radius 2 is 1.87 bits per heavy atom. The lowest BCUT2D eigenvalue weighted by molar-refractivity contribution is -0.116. The summed E-state index contributed by atoms with van der Waals surface area (Å²) in [5.74, 6) is -0.563. The van der Waals surface area contributed by atoms with Gasteiger partial charge in [0.2, 0.25) is 15.9 Å². The highest BCUT2D eigenvalue weighted by molar-refractivity contribution is 7.89. The van der Waals surface area contributed by atoms with Crippen molar-refractivity contribution in [2.24, 2.45) is 14.1 Å². The number of amides is 1. The van der Waals surface area contributed by atoms with E-state index >= 15 is 0 Å². The van der Waals surface area contributed by atoms with Crippen LogP contribution in [0.4, 0.5) is 5.69 Å². The van der Waals surface area contributed by atoms with Gasteiger partial charge in [-0.05, 0) is 18.2 Å². The molecule has 1 amide bonds. The lowest BCUT2D eigenvalue weighted by Gasteiger charge is -2.14. The number of halogens is 1. The van der Waals surface area contributed by atoms with Gasteiger partial charge in [-0.25, -0.2) is 22.5 Å². The molecule has 13 heteroatoms. The molecule has 30 heavy (non-hydrogen) atoms. The van der Waals surface area contributed by atoms with E-state index in [0.717, 1.165) is 8.87 Å². The second-order valence-corrected chi connectivity index (χ2v) is 9.29. The standard InChI is InChI=1S/C17H19ClN6O5S/c1-21(2)30(28,29)10-5-6-11(18)12(7-10)20-13(25)8-24-9-19-15-14(24)16(26)23(4)17(27)22(15)3/h5-7,9H,8H2,1-4H3,(H,20,25). The molecule has 1 aromatic carbocycles. The minimum atomic E-state index is -3.72. The van der Waals surface area contributed by atoms with E-state index in [4.69, 9.17) is 11.6 Å². The predicted octanol–water partition coefficient (Wildman–Crippen LogP) is -0.0239. The van der Waals surface area contributed by atoms with Gasteiger partial charge in [0.25, 0.3) is 5.56 Å². The lowest BCUT2D eigenvalue weighted by Crippen LogP contribution is -2.37. The van der Waals surface area contributed by atoms with Crippen molar-refractivity contribution < 1.29 is 13.2 Å². The molecule has 2 heterocycles. The van der Waals surface area contributed by atoms with Crippen LogP contribution in [0, 0.1) is 0 Å². The highest BCUT2D eigenvalue weighted by atomic mass is 35.5. The molecule has 0 saturated carbocycles. The van der Waals surface area contributed by atoms with Crippen molar-refractivity contribution in [1.82, 2.24) is 23.0 Å². The number of anilines is 1. The molecular weight excluding hydrogens is 436 g/mol. The molecule has 0 unspecified atom stereocenters. The first kappa shape index (κ1) is 21.7. The number of hydrogen-bond donors (Lipinski definition) is 1. The van der Waals surface area contributed by atoms with Gasteiger partial charge in [-0.3, -0.25) is 18.7 Å². The molecular formula is C17H19ClN6O5S. The monoisotopic (exact) mass is 454 g/mol. The zero-order valence-corrected chi connectivity index (χ0v) is 18.2. The number of aromatic nitrogens is 4. The highest BCUT2D eigenvalue weighted by Crippen LogP contribution is 2.26. The van der Waals surface area contributed by atoms with Crippen LogP contribution in [0.3, 0.4) is 0 Å². The first-order valence-corrected chi connectivity index (χ1v) is 10.4. The van der Waals surface area contributed by atoms with Crippen LogP contribution in [0.25, 0.3) is 11.2 Å². The Morgan fingerprint density at radius 1 is 1.20 bits per heavy atom. The Kier molecular flexibility index (Phi) is 5.58. The number of hydrogen-bond acceptors (Lipinski definition) is 6. The van der Waals surface area contributed by atoms with Gasteiger partial charge < -0.3 is 9.88 Å². The maximum absolute atomic E-state index is 12.6. The number of carbonyl (C=O) groups is 1. The summed E-state index contributed by atoms with van der Waals surface area (Å²) in [5.41, 5.74) is -0.782. The van der Waals surface area contributed by atoms with Gasteiger partial charge in [0.1, 0.15) is 6.54 Å². The molecule has 0 aliphatic rings. The van der Waals surface area contributed by atoms with E-state index < -0.39 is 27.2 Å². The normalized spacial score (nSPS) is 11.9. The van der Waals surface area contributed by atoms with Gasteiger partial charge in [0.15, 0.2) is 11.2 Å². The molecule has 0 bridgehead atoms. The lowest BCUT2D eigenvalue weighted by atomic mass is 10.3. The third-order valence-electron chi connectivity index (χ3n) is 4.52. The van der Waals surface area contributed by atoms with Crippen molar-refractivity contribution in [3.05, 3.63) is 50.4 Å². The van der Waals surface area contributed by atoms with E-state index in [9.17, 15) is 22.8 Å². The van der Waals surface area contributed by atoms with E-state index in [2.05, 4.69) is 10.3 Å². The van der Waals surface area contributed by atoms with E-state index in [1.54, 1.807) is 0 Å². The zero-order chi connectivity index (χ0) is 22.4. The second kappa shape index (κ2) is 7.70. The van der Waals surface area contributed by atoms with Crippen molar-refractivity contribution in [2.45, 2.75) is 11.4 Å². The van der Waals surface area contributed by atoms with E-state index in [0.29, 0.717) is 0 Å². The summed E-state index contributed by atoms with van der Waals surface area (Å²) < 4.78 is 29.1. The molecule has 0 fully saturated rings. The summed E-state index contributed by atoms with van der Waals surface area (Å²) >= 11 is 6.10. The molecule has 0 saturated heterocycles. The van der Waals surface area contributed by atoms with Gasteiger partial charge >= 0.3 is 5.69 Å². The van der Waals surface area contributed by atoms with Crippen molar-refractivity contribution in [1.29, 1.82) is 0 Å². The average Bonchev–Trinajstić information content (AvgIpc) is 3.09. The molecule has 0 atom stereocenters. The second-order valence-electron chi connectivity index (χ2n) is 6.73. The van der Waals surface area contributed by atoms with Crippen LogP contribution in [0.2, 0.25) is 5.02 Å². The molecule has 0 aliphatic heterocycles. The Bertz CT molecular complexity index is 1390. The first-order chi connectivity index (χ1) is 13.9. The Morgan fingerprint density at radius 3 is 2.50 bits per heavy atom. The summed E-state index contributed by atoms with van der Waals surface area (Å²) in [6.07, 6.45) is 1.28. The molecule has 0 aliphatic carbocycles. The third-order valence-corrected chi connectivity index (χ3v) is 6.66. The number of sulfonamides is 1. The first-order valence-electron chi connectivity index (χ1n) is 8.58. The number of benzene rings is 1. The topological polar surface area (TPSA) is 128 Å². The Balaban J connectivity index is 1.94. The van der Waals surface area contributed by atoms with Crippen LogP contribution in [0.1, 0.15) is 0 Å². The fourth-order valence-corrected chi connectivity index (χ4v) is 3.93. The van der Waals surface area contributed by atoms with E-state index in [-0.39, 0.29) is 33.3 Å². The maximum Gasteiger partial charge on any atom is 0.332 e. The fourth-order valence-electron chi connectivity index (χ4n) is 2.83. The van der Waals surface area contributed by atoms with Gasteiger partial charge in [-0.2, -0.15) is 0 Å². The van der Waals surface area contributed by atoms with Crippen LogP contribution in [-0.4, -0.2) is 51.4 Å². The smallest absolute Gasteiger partial charge is 0.323 e. The number of aryl methyl sites for hydroxylation is 1. The minimum Gasteiger partial charge on any atom is -0.323 e. The van der Waals surface area contributed by atoms with Crippen LogP contribution in [0.5, 0.6) is 0 Å². The number of nitrogens with one attached hydrogen (secondary N) is 1. The van der Waals surface area contributed by atoms with Gasteiger partial charge in [0, 0.05) is 28.2 Å². The predicted molar refractivity (Wildman–Crippen MR) is 111 cm³/mol. The molecule has 160 valence electrons. The third kappa shape index (κ3) is 3.64. The largest absolute Gasteiger partial charge is 0.332 e. The summed E-state index contributed by atoms with van der Waals surface area (Å²) in [4.78, 5) is 41.0. The van der Waals surface area contributed by atoms with E-state index in [1.165, 1.54) is 61.9 Å². The number of carbonyl (C=O) groups excluding carboxylic acids is 1. The summed E-state index contributed by atoms with van der Waals surface area (Å²) in [5, 5.41) is 2.69. The number of fused-ring (bicyclic) bond motifs is 1. The van der Waals surface area contributed by atoms with Gasteiger partial charge in [-0.1, -0.05) is 11.6 Å². The van der Waals surface area contributed by atoms with Crippen LogP contribution < -0.4 is 16.6 Å². The molecule has 11 nitrogen and oxygen atoms in total. The Labute approximate surface area is 176 Å². The van der Waals surface area contributed by atoms with Crippen molar-refractivity contribution in [3.8, 4) is 0 Å². The van der Waals surface area contributed by atoms with Crippen LogP contribution >= 0.6 is 11.6 Å². The number of nitrogens with zero attached hydrogens (tertiary/aromatic N) is 5. The molecule has 2 aromatic heterocycles. The minimum absolute atomic E-state index is 0.0378. The van der Waals surface area contributed by atoms with Crippen LogP contribution in [-0.2, 0) is 35.5 Å². The summed E-state index contributed by atoms with van der Waals surface area (Å²) in [7, 11) is 1.86. The SMILES string of the molecule is CN(C)S(=O)(=O)c1ccc(Cl)c(NC(=O)Cn2cnc3c2c(=O)n(C)c(=O)n3C)c1. The van der Waals surface area contributed by atoms with Crippen molar-refractivity contribution in [3.63, 3.8) is 0 Å². The number of imidazole rings is 1. The summed E-state index contributed by atoms with van der Waals surface area (Å²) in [6.45, 7) is -0.301. The van der Waals surface area contributed by atoms with Crippen molar-refractivity contribution >= 4 is 44.4 Å². The molecule has 1 N–H and O–H groups in total. The zero-order valence-electron chi connectivity index (χ0n) is 16.6. The fraction of sp³-hybridized carbons (Fsp3) is 0.294. The molecule has 3 rings (SSSR count). The Hall–Kier alpha value is -2.96. The molecule has 0 spiro atoms.